The first kappa shape index (κ1) is 16.2. The zero-order chi connectivity index (χ0) is 14.1. The van der Waals surface area contributed by atoms with E-state index >= 15 is 0 Å². The van der Waals surface area contributed by atoms with Gasteiger partial charge in [0.1, 0.15) is 0 Å². The molecule has 0 saturated carbocycles. The first-order valence-corrected chi connectivity index (χ1v) is 8.40. The van der Waals surface area contributed by atoms with Crippen molar-refractivity contribution in [3.63, 3.8) is 0 Å². The monoisotopic (exact) mass is 286 g/mol. The van der Waals surface area contributed by atoms with Crippen molar-refractivity contribution in [3.8, 4) is 11.8 Å². The van der Waals surface area contributed by atoms with Gasteiger partial charge in [-0.25, -0.2) is 0 Å². The number of aromatic nitrogens is 1. The molecule has 4 nitrogen and oxygen atoms in total. The minimum Gasteiger partial charge on any atom is -0.494 e. The van der Waals surface area contributed by atoms with Crippen LogP contribution in [0.4, 0.5) is 0 Å². The summed E-state index contributed by atoms with van der Waals surface area (Å²) in [7, 11) is 0. The zero-order valence-corrected chi connectivity index (χ0v) is 12.8. The lowest BCUT2D eigenvalue weighted by Gasteiger charge is -2.07. The first-order valence-electron chi connectivity index (χ1n) is 7.00. The number of hydrogen-bond donors (Lipinski definition) is 3. The highest BCUT2D eigenvalue weighted by atomic mass is 32.2. The minimum atomic E-state index is 0.181. The van der Waals surface area contributed by atoms with Crippen molar-refractivity contribution in [2.45, 2.75) is 39.2 Å². The van der Waals surface area contributed by atoms with Crippen LogP contribution in [0.1, 0.15) is 31.7 Å². The summed E-state index contributed by atoms with van der Waals surface area (Å²) in [5, 5.41) is 23.2. The Morgan fingerprint density at radius 2 is 2.05 bits per heavy atom. The molecule has 0 aliphatic rings. The van der Waals surface area contributed by atoms with E-state index in [0.717, 1.165) is 50.1 Å². The third kappa shape index (κ3) is 5.37. The predicted octanol–water partition coefficient (Wildman–Crippen LogP) is 2.58. The molecule has 0 radical (unpaired) electrons. The number of aryl methyl sites for hydroxylation is 1. The summed E-state index contributed by atoms with van der Waals surface area (Å²) >= 11 is 1.80. The largest absolute Gasteiger partial charge is 0.494 e. The molecule has 0 fully saturated rings. The Bertz CT molecular complexity index is 367. The molecule has 5 heteroatoms. The summed E-state index contributed by atoms with van der Waals surface area (Å²) in [4.78, 5) is 0. The molecule has 3 N–H and O–H groups in total. The van der Waals surface area contributed by atoms with Crippen LogP contribution >= 0.6 is 11.8 Å². The summed E-state index contributed by atoms with van der Waals surface area (Å²) in [6, 6.07) is 1.69. The molecule has 0 bridgehead atoms. The van der Waals surface area contributed by atoms with Crippen LogP contribution in [0.5, 0.6) is 11.8 Å². The third-order valence-corrected chi connectivity index (χ3v) is 3.85. The fourth-order valence-electron chi connectivity index (χ4n) is 2.09. The van der Waals surface area contributed by atoms with Gasteiger partial charge in [-0.05, 0) is 50.8 Å². The van der Waals surface area contributed by atoms with Crippen molar-refractivity contribution in [3.05, 3.63) is 11.6 Å². The normalized spacial score (nSPS) is 11.1. The summed E-state index contributed by atoms with van der Waals surface area (Å²) in [6.45, 7) is 4.73. The number of rotatable bonds is 10. The molecule has 19 heavy (non-hydrogen) atoms. The summed E-state index contributed by atoms with van der Waals surface area (Å²) in [5.41, 5.74) is 0.859. The first-order chi connectivity index (χ1) is 9.20. The SMILES string of the molecule is CCNCCCCn1c(O)cc(CCCSC)c1O. The molecular formula is C14H26N2O2S. The van der Waals surface area contributed by atoms with Gasteiger partial charge in [0.15, 0.2) is 11.8 Å². The van der Waals surface area contributed by atoms with Gasteiger partial charge in [-0.1, -0.05) is 6.92 Å². The van der Waals surface area contributed by atoms with Gasteiger partial charge in [-0.3, -0.25) is 4.57 Å². The molecule has 0 aliphatic carbocycles. The molecule has 1 rings (SSSR count). The maximum atomic E-state index is 10.1. The Morgan fingerprint density at radius 3 is 2.74 bits per heavy atom. The molecule has 1 aromatic rings. The van der Waals surface area contributed by atoms with Gasteiger partial charge in [-0.15, -0.1) is 0 Å². The van der Waals surface area contributed by atoms with Gasteiger partial charge in [0.25, 0.3) is 0 Å². The van der Waals surface area contributed by atoms with Crippen LogP contribution in [-0.2, 0) is 13.0 Å². The van der Waals surface area contributed by atoms with Crippen LogP contribution in [0, 0.1) is 0 Å². The Hall–Kier alpha value is -0.810. The van der Waals surface area contributed by atoms with Crippen LogP contribution < -0.4 is 5.32 Å². The molecule has 0 unspecified atom stereocenters. The number of aromatic hydroxyl groups is 2. The van der Waals surface area contributed by atoms with Crippen LogP contribution in [0.3, 0.4) is 0 Å². The molecule has 0 aromatic carbocycles. The topological polar surface area (TPSA) is 57.4 Å². The van der Waals surface area contributed by atoms with E-state index in [1.54, 1.807) is 22.4 Å². The summed E-state index contributed by atoms with van der Waals surface area (Å²) in [6.07, 6.45) is 5.93. The van der Waals surface area contributed by atoms with E-state index in [9.17, 15) is 10.2 Å². The number of unbranched alkanes of at least 4 members (excludes halogenated alkanes) is 1. The van der Waals surface area contributed by atoms with Gasteiger partial charge in [0, 0.05) is 18.2 Å². The Labute approximate surface area is 120 Å². The minimum absolute atomic E-state index is 0.181. The lowest BCUT2D eigenvalue weighted by Crippen LogP contribution is -2.14. The lowest BCUT2D eigenvalue weighted by atomic mass is 10.2. The van der Waals surface area contributed by atoms with Gasteiger partial charge in [0.05, 0.1) is 0 Å². The molecule has 0 saturated heterocycles. The van der Waals surface area contributed by atoms with Gasteiger partial charge in [0.2, 0.25) is 0 Å². The van der Waals surface area contributed by atoms with Crippen molar-refractivity contribution in [1.29, 1.82) is 0 Å². The highest BCUT2D eigenvalue weighted by Crippen LogP contribution is 2.29. The fourth-order valence-corrected chi connectivity index (χ4v) is 2.52. The van der Waals surface area contributed by atoms with E-state index in [0.29, 0.717) is 6.54 Å². The molecule has 0 aliphatic heterocycles. The maximum absolute atomic E-state index is 10.1. The van der Waals surface area contributed by atoms with E-state index in [4.69, 9.17) is 0 Å². The van der Waals surface area contributed by atoms with E-state index in [-0.39, 0.29) is 11.8 Å². The van der Waals surface area contributed by atoms with E-state index in [1.165, 1.54) is 0 Å². The average Bonchev–Trinajstić information content (AvgIpc) is 2.66. The average molecular weight is 286 g/mol. The van der Waals surface area contributed by atoms with Gasteiger partial charge >= 0.3 is 0 Å². The zero-order valence-electron chi connectivity index (χ0n) is 12.0. The number of hydrogen-bond acceptors (Lipinski definition) is 4. The van der Waals surface area contributed by atoms with Crippen molar-refractivity contribution < 1.29 is 10.2 Å². The van der Waals surface area contributed by atoms with E-state index in [2.05, 4.69) is 18.5 Å². The highest BCUT2D eigenvalue weighted by Gasteiger charge is 2.12. The second-order valence-electron chi connectivity index (χ2n) is 4.66. The van der Waals surface area contributed by atoms with Crippen molar-refractivity contribution >= 4 is 11.8 Å². The quantitative estimate of drug-likeness (QED) is 0.579. The number of nitrogens with one attached hydrogen (secondary N) is 1. The molecule has 1 heterocycles. The third-order valence-electron chi connectivity index (χ3n) is 3.15. The summed E-state index contributed by atoms with van der Waals surface area (Å²) < 4.78 is 1.61. The van der Waals surface area contributed by atoms with Gasteiger partial charge < -0.3 is 15.5 Å². The molecule has 1 aromatic heterocycles. The van der Waals surface area contributed by atoms with Crippen molar-refractivity contribution in [1.82, 2.24) is 9.88 Å². The van der Waals surface area contributed by atoms with Gasteiger partial charge in [-0.2, -0.15) is 11.8 Å². The Kier molecular flexibility index (Phi) is 7.82. The predicted molar refractivity (Wildman–Crippen MR) is 82.2 cm³/mol. The maximum Gasteiger partial charge on any atom is 0.197 e. The summed E-state index contributed by atoms with van der Waals surface area (Å²) in [5.74, 6) is 1.50. The standard InChI is InChI=1S/C14H26N2O2S/c1-3-15-8-4-5-9-16-13(17)11-12(14(16)18)7-6-10-19-2/h11,15,17-18H,3-10H2,1-2H3. The second-order valence-corrected chi connectivity index (χ2v) is 5.65. The Balaban J connectivity index is 2.44. The smallest absolute Gasteiger partial charge is 0.197 e. The number of nitrogens with zero attached hydrogens (tertiary/aromatic N) is 1. The molecule has 110 valence electrons. The van der Waals surface area contributed by atoms with Crippen LogP contribution in [0.2, 0.25) is 0 Å². The fraction of sp³-hybridized carbons (Fsp3) is 0.714. The van der Waals surface area contributed by atoms with Crippen molar-refractivity contribution in [2.75, 3.05) is 25.1 Å². The molecule has 0 amide bonds. The lowest BCUT2D eigenvalue weighted by molar-refractivity contribution is 0.360. The van der Waals surface area contributed by atoms with Crippen LogP contribution in [-0.4, -0.2) is 39.9 Å². The van der Waals surface area contributed by atoms with E-state index < -0.39 is 0 Å². The number of thioether (sulfide) groups is 1. The van der Waals surface area contributed by atoms with Crippen molar-refractivity contribution in [2.24, 2.45) is 0 Å². The second kappa shape index (κ2) is 9.15. The molecular weight excluding hydrogens is 260 g/mol. The molecule has 0 spiro atoms. The highest BCUT2D eigenvalue weighted by molar-refractivity contribution is 7.98. The van der Waals surface area contributed by atoms with E-state index in [1.807, 2.05) is 0 Å². The Morgan fingerprint density at radius 1 is 1.26 bits per heavy atom. The molecule has 0 atom stereocenters. The van der Waals surface area contributed by atoms with Crippen LogP contribution in [0.25, 0.3) is 0 Å². The van der Waals surface area contributed by atoms with Crippen LogP contribution in [0.15, 0.2) is 6.07 Å².